The Kier molecular flexibility index (Phi) is 6.24. The quantitative estimate of drug-likeness (QED) is 0.675. The van der Waals surface area contributed by atoms with Crippen molar-refractivity contribution in [3.05, 3.63) is 71.8 Å². The lowest BCUT2D eigenvalue weighted by Gasteiger charge is -2.22. The smallest absolute Gasteiger partial charge is 0.306 e. The van der Waals surface area contributed by atoms with Crippen LogP contribution in [-0.2, 0) is 9.53 Å². The van der Waals surface area contributed by atoms with Gasteiger partial charge < -0.3 is 9.64 Å². The Bertz CT molecular complexity index is 617. The molecule has 1 saturated heterocycles. The van der Waals surface area contributed by atoms with Gasteiger partial charge in [-0.1, -0.05) is 60.7 Å². The molecule has 1 fully saturated rings. The van der Waals surface area contributed by atoms with Crippen LogP contribution in [0.3, 0.4) is 0 Å². The molecule has 0 amide bonds. The van der Waals surface area contributed by atoms with E-state index in [1.165, 1.54) is 11.1 Å². The molecule has 3 rings (SSSR count). The highest BCUT2D eigenvalue weighted by molar-refractivity contribution is 5.71. The van der Waals surface area contributed by atoms with E-state index >= 15 is 0 Å². The molecule has 0 bridgehead atoms. The van der Waals surface area contributed by atoms with Crippen LogP contribution in [0.25, 0.3) is 0 Å². The summed E-state index contributed by atoms with van der Waals surface area (Å²) in [5.41, 5.74) is 2.75. The number of nitrogens with zero attached hydrogens (tertiary/aromatic N) is 1. The van der Waals surface area contributed by atoms with Crippen molar-refractivity contribution in [1.29, 1.82) is 0 Å². The van der Waals surface area contributed by atoms with Crippen LogP contribution in [0.5, 0.6) is 0 Å². The Hall–Kier alpha value is -2.13. The van der Waals surface area contributed by atoms with Gasteiger partial charge in [-0.05, 0) is 44.0 Å². The number of likely N-dealkylation sites (N-methyl/N-ethyl adjacent to an activating group) is 1. The van der Waals surface area contributed by atoms with E-state index in [0.717, 1.165) is 32.4 Å². The molecule has 1 heterocycles. The highest BCUT2D eigenvalue weighted by Gasteiger charge is 2.24. The Balaban J connectivity index is 1.55. The summed E-state index contributed by atoms with van der Waals surface area (Å²) < 4.78 is 5.32. The van der Waals surface area contributed by atoms with Crippen molar-refractivity contribution in [3.8, 4) is 0 Å². The molecule has 0 N–H and O–H groups in total. The standard InChI is InChI=1S/C22H27NO2/c1-23(17-20-14-15-22(24)25-20)16-8-13-21(18-9-4-2-5-10-18)19-11-6-3-7-12-19/h2-7,9-12,20-21H,8,13-17H2,1H3/t20-/m0/s1. The average Bonchev–Trinajstić information content (AvgIpc) is 3.05. The van der Waals surface area contributed by atoms with E-state index in [2.05, 4.69) is 72.6 Å². The molecule has 0 saturated carbocycles. The second-order valence-corrected chi connectivity index (χ2v) is 6.93. The summed E-state index contributed by atoms with van der Waals surface area (Å²) in [6, 6.07) is 21.5. The molecular weight excluding hydrogens is 310 g/mol. The van der Waals surface area contributed by atoms with Gasteiger partial charge in [0, 0.05) is 18.9 Å². The number of esters is 1. The van der Waals surface area contributed by atoms with Crippen LogP contribution in [0.2, 0.25) is 0 Å². The number of cyclic esters (lactones) is 1. The fraction of sp³-hybridized carbons (Fsp3) is 0.409. The number of ether oxygens (including phenoxy) is 1. The molecule has 1 aliphatic rings. The van der Waals surface area contributed by atoms with Crippen molar-refractivity contribution < 1.29 is 9.53 Å². The van der Waals surface area contributed by atoms with Crippen molar-refractivity contribution in [1.82, 2.24) is 4.90 Å². The van der Waals surface area contributed by atoms with Gasteiger partial charge in [-0.2, -0.15) is 0 Å². The Morgan fingerprint density at radius 2 is 1.64 bits per heavy atom. The molecule has 1 atom stereocenters. The summed E-state index contributed by atoms with van der Waals surface area (Å²) in [4.78, 5) is 13.5. The second kappa shape index (κ2) is 8.82. The molecule has 3 heteroatoms. The first kappa shape index (κ1) is 17.7. The molecule has 132 valence electrons. The zero-order valence-corrected chi connectivity index (χ0v) is 14.9. The summed E-state index contributed by atoms with van der Waals surface area (Å²) >= 11 is 0. The summed E-state index contributed by atoms with van der Waals surface area (Å²) in [5.74, 6) is 0.381. The first-order valence-electron chi connectivity index (χ1n) is 9.20. The van der Waals surface area contributed by atoms with Crippen molar-refractivity contribution in [2.24, 2.45) is 0 Å². The van der Waals surface area contributed by atoms with E-state index in [1.807, 2.05) is 0 Å². The van der Waals surface area contributed by atoms with Gasteiger partial charge in [-0.3, -0.25) is 4.79 Å². The Labute approximate surface area is 150 Å². The number of rotatable bonds is 8. The van der Waals surface area contributed by atoms with Gasteiger partial charge in [0.2, 0.25) is 0 Å². The summed E-state index contributed by atoms with van der Waals surface area (Å²) in [5, 5.41) is 0. The molecule has 25 heavy (non-hydrogen) atoms. The third-order valence-electron chi connectivity index (χ3n) is 4.92. The Morgan fingerprint density at radius 3 is 2.16 bits per heavy atom. The average molecular weight is 337 g/mol. The number of carbonyl (C=O) groups excluding carboxylic acids is 1. The maximum absolute atomic E-state index is 11.2. The van der Waals surface area contributed by atoms with Crippen LogP contribution >= 0.6 is 0 Å². The van der Waals surface area contributed by atoms with E-state index < -0.39 is 0 Å². The summed E-state index contributed by atoms with van der Waals surface area (Å²) in [7, 11) is 2.12. The minimum Gasteiger partial charge on any atom is -0.461 e. The molecular formula is C22H27NO2. The molecule has 2 aromatic rings. The van der Waals surface area contributed by atoms with Gasteiger partial charge in [0.1, 0.15) is 6.10 Å². The number of hydrogen-bond donors (Lipinski definition) is 0. The fourth-order valence-corrected chi connectivity index (χ4v) is 3.61. The van der Waals surface area contributed by atoms with Gasteiger partial charge in [-0.25, -0.2) is 0 Å². The van der Waals surface area contributed by atoms with E-state index in [9.17, 15) is 4.79 Å². The van der Waals surface area contributed by atoms with Gasteiger partial charge in [-0.15, -0.1) is 0 Å². The van der Waals surface area contributed by atoms with Crippen LogP contribution in [0.4, 0.5) is 0 Å². The van der Waals surface area contributed by atoms with Crippen LogP contribution < -0.4 is 0 Å². The van der Waals surface area contributed by atoms with E-state index in [1.54, 1.807) is 0 Å². The number of carbonyl (C=O) groups is 1. The third-order valence-corrected chi connectivity index (χ3v) is 4.92. The Morgan fingerprint density at radius 1 is 1.04 bits per heavy atom. The topological polar surface area (TPSA) is 29.5 Å². The maximum Gasteiger partial charge on any atom is 0.306 e. The van der Waals surface area contributed by atoms with Gasteiger partial charge >= 0.3 is 5.97 Å². The lowest BCUT2D eigenvalue weighted by molar-refractivity contribution is -0.141. The van der Waals surface area contributed by atoms with Crippen LogP contribution in [-0.4, -0.2) is 37.1 Å². The predicted octanol–water partition coefficient (Wildman–Crippen LogP) is 4.24. The van der Waals surface area contributed by atoms with Gasteiger partial charge in [0.15, 0.2) is 0 Å². The van der Waals surface area contributed by atoms with Crippen LogP contribution in [0.1, 0.15) is 42.7 Å². The lowest BCUT2D eigenvalue weighted by Crippen LogP contribution is -2.30. The van der Waals surface area contributed by atoms with Crippen molar-refractivity contribution in [3.63, 3.8) is 0 Å². The fourth-order valence-electron chi connectivity index (χ4n) is 3.61. The molecule has 0 aliphatic carbocycles. The largest absolute Gasteiger partial charge is 0.461 e. The molecule has 2 aromatic carbocycles. The SMILES string of the molecule is CN(CCCC(c1ccccc1)c1ccccc1)C[C@@H]1CCC(=O)O1. The van der Waals surface area contributed by atoms with E-state index in [-0.39, 0.29) is 12.1 Å². The van der Waals surface area contributed by atoms with Gasteiger partial charge in [0.05, 0.1) is 0 Å². The molecule has 3 nitrogen and oxygen atoms in total. The number of benzene rings is 2. The van der Waals surface area contributed by atoms with Crippen molar-refractivity contribution in [2.45, 2.75) is 37.7 Å². The molecule has 1 aliphatic heterocycles. The first-order valence-corrected chi connectivity index (χ1v) is 9.20. The summed E-state index contributed by atoms with van der Waals surface area (Å²) in [6.45, 7) is 1.86. The molecule has 0 aromatic heterocycles. The number of hydrogen-bond acceptors (Lipinski definition) is 3. The zero-order chi connectivity index (χ0) is 17.5. The molecule has 0 unspecified atom stereocenters. The second-order valence-electron chi connectivity index (χ2n) is 6.93. The van der Waals surface area contributed by atoms with Gasteiger partial charge in [0.25, 0.3) is 0 Å². The van der Waals surface area contributed by atoms with E-state index in [0.29, 0.717) is 12.3 Å². The predicted molar refractivity (Wildman–Crippen MR) is 101 cm³/mol. The minimum absolute atomic E-state index is 0.0494. The van der Waals surface area contributed by atoms with Crippen LogP contribution in [0.15, 0.2) is 60.7 Å². The lowest BCUT2D eigenvalue weighted by atomic mass is 9.87. The first-order chi connectivity index (χ1) is 12.2. The minimum atomic E-state index is -0.0494. The molecule has 0 spiro atoms. The monoisotopic (exact) mass is 337 g/mol. The third kappa shape index (κ3) is 5.17. The highest BCUT2D eigenvalue weighted by atomic mass is 16.5. The zero-order valence-electron chi connectivity index (χ0n) is 14.9. The summed E-state index contributed by atoms with van der Waals surface area (Å²) in [6.07, 6.45) is 3.74. The van der Waals surface area contributed by atoms with Crippen molar-refractivity contribution >= 4 is 5.97 Å². The normalized spacial score (nSPS) is 17.2. The van der Waals surface area contributed by atoms with Crippen LogP contribution in [0, 0.1) is 0 Å². The molecule has 0 radical (unpaired) electrons. The maximum atomic E-state index is 11.2. The van der Waals surface area contributed by atoms with E-state index in [4.69, 9.17) is 4.74 Å². The highest BCUT2D eigenvalue weighted by Crippen LogP contribution is 2.29. The van der Waals surface area contributed by atoms with Crippen molar-refractivity contribution in [2.75, 3.05) is 20.1 Å².